The molecular weight excluding hydrogens is 345 g/mol. The molecule has 0 bridgehead atoms. The molecule has 1 aliphatic rings. The summed E-state index contributed by atoms with van der Waals surface area (Å²) in [6.07, 6.45) is 2.24. The molecule has 2 heteroatoms. The van der Waals surface area contributed by atoms with E-state index in [2.05, 4.69) is 77.2 Å². The van der Waals surface area contributed by atoms with Crippen molar-refractivity contribution >= 4 is 22.6 Å². The first-order valence-electron chi connectivity index (χ1n) is 6.79. The zero-order valence-corrected chi connectivity index (χ0v) is 13.0. The predicted molar refractivity (Wildman–Crippen MR) is 88.1 cm³/mol. The van der Waals surface area contributed by atoms with Crippen LogP contribution in [0.4, 0.5) is 0 Å². The molecular formula is C17H18IN. The van der Waals surface area contributed by atoms with Crippen LogP contribution >= 0.6 is 22.6 Å². The molecule has 1 nitrogen and oxygen atoms in total. The second-order valence-electron chi connectivity index (χ2n) is 5.41. The van der Waals surface area contributed by atoms with Crippen molar-refractivity contribution in [2.45, 2.75) is 24.8 Å². The maximum Gasteiger partial charge on any atom is 0.0130 e. The molecule has 3 atom stereocenters. The van der Waals surface area contributed by atoms with Gasteiger partial charge in [-0.3, -0.25) is 0 Å². The lowest BCUT2D eigenvalue weighted by Crippen LogP contribution is -2.25. The van der Waals surface area contributed by atoms with Gasteiger partial charge in [-0.05, 0) is 70.5 Å². The molecule has 0 heterocycles. The molecule has 0 amide bonds. The van der Waals surface area contributed by atoms with Gasteiger partial charge in [0.2, 0.25) is 0 Å². The Kier molecular flexibility index (Phi) is 3.89. The lowest BCUT2D eigenvalue weighted by molar-refractivity contribution is 0.577. The van der Waals surface area contributed by atoms with Crippen LogP contribution in [-0.4, -0.2) is 6.04 Å². The van der Waals surface area contributed by atoms with E-state index in [1.165, 1.54) is 21.1 Å². The van der Waals surface area contributed by atoms with Gasteiger partial charge in [-0.25, -0.2) is 0 Å². The quantitative estimate of drug-likeness (QED) is 0.818. The van der Waals surface area contributed by atoms with Crippen molar-refractivity contribution < 1.29 is 0 Å². The highest BCUT2D eigenvalue weighted by molar-refractivity contribution is 14.1. The Morgan fingerprint density at radius 2 is 1.74 bits per heavy atom. The number of halogens is 1. The molecule has 1 fully saturated rings. The second kappa shape index (κ2) is 5.63. The Hall–Kier alpha value is -0.870. The smallest absolute Gasteiger partial charge is 0.0130 e. The Morgan fingerprint density at radius 1 is 1.05 bits per heavy atom. The average Bonchev–Trinajstić information content (AvgIpc) is 3.23. The van der Waals surface area contributed by atoms with Gasteiger partial charge in [0.15, 0.2) is 0 Å². The number of hydrogen-bond acceptors (Lipinski definition) is 1. The van der Waals surface area contributed by atoms with Crippen LogP contribution in [0.5, 0.6) is 0 Å². The van der Waals surface area contributed by atoms with E-state index < -0.39 is 0 Å². The van der Waals surface area contributed by atoms with Gasteiger partial charge in [0.05, 0.1) is 0 Å². The maximum atomic E-state index is 6.37. The fraction of sp³-hybridized carbons (Fsp3) is 0.294. The van der Waals surface area contributed by atoms with E-state index in [1.807, 2.05) is 0 Å². The monoisotopic (exact) mass is 363 g/mol. The molecule has 0 radical (unpaired) electrons. The average molecular weight is 363 g/mol. The van der Waals surface area contributed by atoms with Crippen LogP contribution in [0, 0.1) is 9.49 Å². The molecule has 1 aliphatic carbocycles. The summed E-state index contributed by atoms with van der Waals surface area (Å²) < 4.78 is 1.28. The molecule has 3 rings (SSSR count). The highest BCUT2D eigenvalue weighted by Gasteiger charge is 2.42. The topological polar surface area (TPSA) is 26.0 Å². The van der Waals surface area contributed by atoms with E-state index in [-0.39, 0.29) is 6.04 Å². The van der Waals surface area contributed by atoms with Gasteiger partial charge < -0.3 is 5.73 Å². The second-order valence-corrected chi connectivity index (χ2v) is 6.66. The van der Waals surface area contributed by atoms with Gasteiger partial charge in [0.1, 0.15) is 0 Å². The summed E-state index contributed by atoms with van der Waals surface area (Å²) in [5.41, 5.74) is 9.18. The molecule has 0 saturated heterocycles. The summed E-state index contributed by atoms with van der Waals surface area (Å²) >= 11 is 2.34. The van der Waals surface area contributed by atoms with Crippen LogP contribution < -0.4 is 5.73 Å². The highest BCUT2D eigenvalue weighted by atomic mass is 127. The maximum absolute atomic E-state index is 6.37. The van der Waals surface area contributed by atoms with Crippen molar-refractivity contribution in [3.05, 3.63) is 69.3 Å². The summed E-state index contributed by atoms with van der Waals surface area (Å²) in [5, 5.41) is 0. The third-order valence-corrected chi connectivity index (χ3v) is 4.72. The van der Waals surface area contributed by atoms with E-state index >= 15 is 0 Å². The third-order valence-electron chi connectivity index (χ3n) is 4.00. The van der Waals surface area contributed by atoms with E-state index in [9.17, 15) is 0 Å². The SMILES string of the molecule is NC(Cc1ccc(I)cc1)C1CC1c1ccccc1. The Labute approximate surface area is 128 Å². The summed E-state index contributed by atoms with van der Waals surface area (Å²) in [7, 11) is 0. The highest BCUT2D eigenvalue weighted by Crippen LogP contribution is 2.49. The van der Waals surface area contributed by atoms with Crippen LogP contribution in [0.2, 0.25) is 0 Å². The lowest BCUT2D eigenvalue weighted by atomic mass is 10.00. The molecule has 2 aromatic carbocycles. The van der Waals surface area contributed by atoms with Crippen molar-refractivity contribution in [1.82, 2.24) is 0 Å². The van der Waals surface area contributed by atoms with Crippen LogP contribution in [0.15, 0.2) is 54.6 Å². The molecule has 0 spiro atoms. The van der Waals surface area contributed by atoms with Gasteiger partial charge in [0, 0.05) is 9.61 Å². The van der Waals surface area contributed by atoms with Gasteiger partial charge in [-0.15, -0.1) is 0 Å². The largest absolute Gasteiger partial charge is 0.327 e. The standard InChI is InChI=1S/C17H18IN/c18-14-8-6-12(7-9-14)10-17(19)16-11-15(16)13-4-2-1-3-5-13/h1-9,15-17H,10-11,19H2. The van der Waals surface area contributed by atoms with E-state index in [4.69, 9.17) is 5.73 Å². The Morgan fingerprint density at radius 3 is 2.42 bits per heavy atom. The van der Waals surface area contributed by atoms with Gasteiger partial charge in [-0.1, -0.05) is 42.5 Å². The first-order valence-corrected chi connectivity index (χ1v) is 7.87. The van der Waals surface area contributed by atoms with Crippen LogP contribution in [0.3, 0.4) is 0 Å². The first-order chi connectivity index (χ1) is 9.24. The summed E-state index contributed by atoms with van der Waals surface area (Å²) in [6.45, 7) is 0. The van der Waals surface area contributed by atoms with E-state index in [0.717, 1.165) is 6.42 Å². The van der Waals surface area contributed by atoms with Gasteiger partial charge >= 0.3 is 0 Å². The summed E-state index contributed by atoms with van der Waals surface area (Å²) in [5.74, 6) is 1.33. The molecule has 0 aliphatic heterocycles. The Bertz CT molecular complexity index is 535. The summed E-state index contributed by atoms with van der Waals surface area (Å²) in [4.78, 5) is 0. The van der Waals surface area contributed by atoms with Crippen molar-refractivity contribution in [2.75, 3.05) is 0 Å². The van der Waals surface area contributed by atoms with Crippen molar-refractivity contribution in [2.24, 2.45) is 11.7 Å². The molecule has 1 saturated carbocycles. The minimum Gasteiger partial charge on any atom is -0.327 e. The molecule has 19 heavy (non-hydrogen) atoms. The third kappa shape index (κ3) is 3.18. The molecule has 98 valence electrons. The van der Waals surface area contributed by atoms with E-state index in [0.29, 0.717) is 11.8 Å². The molecule has 0 aromatic heterocycles. The Balaban J connectivity index is 1.61. The van der Waals surface area contributed by atoms with Crippen LogP contribution in [0.1, 0.15) is 23.5 Å². The number of rotatable bonds is 4. The minimum atomic E-state index is 0.283. The number of nitrogens with two attached hydrogens (primary N) is 1. The lowest BCUT2D eigenvalue weighted by Gasteiger charge is -2.11. The van der Waals surface area contributed by atoms with Crippen molar-refractivity contribution in [3.63, 3.8) is 0 Å². The summed E-state index contributed by atoms with van der Waals surface area (Å²) in [6, 6.07) is 19.8. The van der Waals surface area contributed by atoms with Gasteiger partial charge in [0.25, 0.3) is 0 Å². The number of hydrogen-bond donors (Lipinski definition) is 1. The first kappa shape index (κ1) is 13.1. The van der Waals surface area contributed by atoms with Gasteiger partial charge in [-0.2, -0.15) is 0 Å². The fourth-order valence-electron chi connectivity index (χ4n) is 2.82. The van der Waals surface area contributed by atoms with Crippen LogP contribution in [0.25, 0.3) is 0 Å². The molecule has 2 aromatic rings. The molecule has 2 N–H and O–H groups in total. The van der Waals surface area contributed by atoms with Crippen molar-refractivity contribution in [3.8, 4) is 0 Å². The molecule has 3 unspecified atom stereocenters. The van der Waals surface area contributed by atoms with E-state index in [1.54, 1.807) is 0 Å². The zero-order chi connectivity index (χ0) is 13.2. The number of benzene rings is 2. The normalized spacial score (nSPS) is 23.1. The fourth-order valence-corrected chi connectivity index (χ4v) is 3.17. The van der Waals surface area contributed by atoms with Crippen LogP contribution in [-0.2, 0) is 6.42 Å². The predicted octanol–water partition coefficient (Wildman–Crippen LogP) is 3.96. The van der Waals surface area contributed by atoms with Crippen molar-refractivity contribution in [1.29, 1.82) is 0 Å². The zero-order valence-electron chi connectivity index (χ0n) is 10.8. The minimum absolute atomic E-state index is 0.283.